The van der Waals surface area contributed by atoms with E-state index in [2.05, 4.69) is 10.2 Å². The fourth-order valence-electron chi connectivity index (χ4n) is 1.40. The molecule has 1 heterocycles. The molecule has 0 saturated carbocycles. The SMILES string of the molecule is CCc1n[nH]c2c(O)ccc(F)c12. The average molecular weight is 180 g/mol. The Labute approximate surface area is 74.2 Å². The van der Waals surface area contributed by atoms with Gasteiger partial charge in [0.05, 0.1) is 11.1 Å². The molecule has 0 bridgehead atoms. The standard InChI is InChI=1S/C9H9FN2O/c1-2-6-8-5(10)3-4-7(13)9(8)12-11-6/h3-4,13H,2H2,1H3,(H,11,12). The lowest BCUT2D eigenvalue weighted by Crippen LogP contribution is -1.83. The van der Waals surface area contributed by atoms with Crippen molar-refractivity contribution in [3.05, 3.63) is 23.6 Å². The van der Waals surface area contributed by atoms with Crippen LogP contribution in [-0.4, -0.2) is 15.3 Å². The second-order valence-electron chi connectivity index (χ2n) is 2.84. The summed E-state index contributed by atoms with van der Waals surface area (Å²) in [6.07, 6.45) is 0.639. The van der Waals surface area contributed by atoms with Gasteiger partial charge in [0.1, 0.15) is 17.1 Å². The van der Waals surface area contributed by atoms with E-state index in [1.165, 1.54) is 12.1 Å². The average Bonchev–Trinajstić information content (AvgIpc) is 2.56. The molecule has 0 amide bonds. The lowest BCUT2D eigenvalue weighted by molar-refractivity contribution is 0.479. The number of H-pyrrole nitrogens is 1. The maximum atomic E-state index is 13.3. The van der Waals surface area contributed by atoms with Crippen LogP contribution < -0.4 is 0 Å². The van der Waals surface area contributed by atoms with Gasteiger partial charge >= 0.3 is 0 Å². The highest BCUT2D eigenvalue weighted by Crippen LogP contribution is 2.27. The van der Waals surface area contributed by atoms with Crippen LogP contribution in [0.15, 0.2) is 12.1 Å². The topological polar surface area (TPSA) is 48.9 Å². The van der Waals surface area contributed by atoms with E-state index in [9.17, 15) is 9.50 Å². The Morgan fingerprint density at radius 1 is 1.54 bits per heavy atom. The predicted molar refractivity (Wildman–Crippen MR) is 47.1 cm³/mol. The maximum Gasteiger partial charge on any atom is 0.141 e. The molecule has 0 aliphatic rings. The number of aromatic nitrogens is 2. The first-order valence-electron chi connectivity index (χ1n) is 4.08. The maximum absolute atomic E-state index is 13.3. The number of benzene rings is 1. The van der Waals surface area contributed by atoms with Crippen molar-refractivity contribution in [3.8, 4) is 5.75 Å². The van der Waals surface area contributed by atoms with Crippen molar-refractivity contribution >= 4 is 10.9 Å². The molecule has 3 nitrogen and oxygen atoms in total. The minimum absolute atomic E-state index is 0.0311. The van der Waals surface area contributed by atoms with Crippen LogP contribution in [0, 0.1) is 5.82 Å². The van der Waals surface area contributed by atoms with E-state index < -0.39 is 0 Å². The molecule has 0 atom stereocenters. The van der Waals surface area contributed by atoms with Crippen LogP contribution in [0.2, 0.25) is 0 Å². The van der Waals surface area contributed by atoms with Crippen molar-refractivity contribution in [1.82, 2.24) is 10.2 Å². The quantitative estimate of drug-likeness (QED) is 0.704. The summed E-state index contributed by atoms with van der Waals surface area (Å²) in [5.74, 6) is -0.318. The van der Waals surface area contributed by atoms with Crippen LogP contribution in [0.25, 0.3) is 10.9 Å². The molecule has 68 valence electrons. The lowest BCUT2D eigenvalue weighted by atomic mass is 10.1. The largest absolute Gasteiger partial charge is 0.506 e. The zero-order valence-electron chi connectivity index (χ0n) is 7.13. The number of hydrogen-bond acceptors (Lipinski definition) is 2. The molecule has 0 radical (unpaired) electrons. The van der Waals surface area contributed by atoms with E-state index in [4.69, 9.17) is 0 Å². The number of rotatable bonds is 1. The Bertz CT molecular complexity index is 450. The highest BCUT2D eigenvalue weighted by atomic mass is 19.1. The summed E-state index contributed by atoms with van der Waals surface area (Å²) in [7, 11) is 0. The summed E-state index contributed by atoms with van der Waals surface area (Å²) in [5.41, 5.74) is 1.01. The van der Waals surface area contributed by atoms with Gasteiger partial charge in [0.2, 0.25) is 0 Å². The fourth-order valence-corrected chi connectivity index (χ4v) is 1.40. The van der Waals surface area contributed by atoms with Crippen molar-refractivity contribution in [3.63, 3.8) is 0 Å². The van der Waals surface area contributed by atoms with Gasteiger partial charge in [0, 0.05) is 0 Å². The predicted octanol–water partition coefficient (Wildman–Crippen LogP) is 1.97. The molecule has 4 heteroatoms. The smallest absolute Gasteiger partial charge is 0.141 e. The fraction of sp³-hybridized carbons (Fsp3) is 0.222. The highest BCUT2D eigenvalue weighted by Gasteiger charge is 2.11. The summed E-state index contributed by atoms with van der Waals surface area (Å²) < 4.78 is 13.3. The number of nitrogens with zero attached hydrogens (tertiary/aromatic N) is 1. The van der Waals surface area contributed by atoms with E-state index in [0.29, 0.717) is 23.0 Å². The van der Waals surface area contributed by atoms with Crippen LogP contribution in [0.5, 0.6) is 5.75 Å². The van der Waals surface area contributed by atoms with E-state index in [1.54, 1.807) is 0 Å². The van der Waals surface area contributed by atoms with Crippen molar-refractivity contribution in [1.29, 1.82) is 0 Å². The molecule has 13 heavy (non-hydrogen) atoms. The van der Waals surface area contributed by atoms with Crippen LogP contribution in [-0.2, 0) is 6.42 Å². The molecule has 1 aromatic heterocycles. The van der Waals surface area contributed by atoms with Crippen LogP contribution in [0.4, 0.5) is 4.39 Å². The number of hydrogen-bond donors (Lipinski definition) is 2. The molecule has 1 aromatic carbocycles. The number of aryl methyl sites for hydroxylation is 1. The third kappa shape index (κ3) is 1.06. The Morgan fingerprint density at radius 2 is 2.31 bits per heavy atom. The highest BCUT2D eigenvalue weighted by molar-refractivity contribution is 5.87. The number of phenolic OH excluding ortho intramolecular Hbond substituents is 1. The molecule has 0 unspecified atom stereocenters. The molecular weight excluding hydrogens is 171 g/mol. The van der Waals surface area contributed by atoms with Crippen LogP contribution in [0.3, 0.4) is 0 Å². The second-order valence-corrected chi connectivity index (χ2v) is 2.84. The van der Waals surface area contributed by atoms with Gasteiger partial charge in [0.15, 0.2) is 0 Å². The number of phenols is 1. The van der Waals surface area contributed by atoms with Gasteiger partial charge in [-0.2, -0.15) is 5.10 Å². The Kier molecular flexibility index (Phi) is 1.69. The third-order valence-electron chi connectivity index (χ3n) is 2.06. The zero-order chi connectivity index (χ0) is 9.42. The number of aromatic amines is 1. The van der Waals surface area contributed by atoms with E-state index in [0.717, 1.165) is 0 Å². The van der Waals surface area contributed by atoms with Crippen molar-refractivity contribution < 1.29 is 9.50 Å². The summed E-state index contributed by atoms with van der Waals surface area (Å²) >= 11 is 0. The summed E-state index contributed by atoms with van der Waals surface area (Å²) in [6, 6.07) is 2.56. The molecule has 0 spiro atoms. The Balaban J connectivity index is 2.87. The minimum Gasteiger partial charge on any atom is -0.506 e. The molecule has 2 N–H and O–H groups in total. The second kappa shape index (κ2) is 2.73. The first-order chi connectivity index (χ1) is 6.24. The van der Waals surface area contributed by atoms with E-state index >= 15 is 0 Å². The van der Waals surface area contributed by atoms with E-state index in [-0.39, 0.29) is 11.6 Å². The first kappa shape index (κ1) is 8.04. The van der Waals surface area contributed by atoms with Gasteiger partial charge < -0.3 is 5.11 Å². The minimum atomic E-state index is -0.349. The molecule has 0 fully saturated rings. The molecule has 2 aromatic rings. The molecule has 0 aliphatic carbocycles. The first-order valence-corrected chi connectivity index (χ1v) is 4.08. The van der Waals surface area contributed by atoms with Crippen LogP contribution >= 0.6 is 0 Å². The van der Waals surface area contributed by atoms with Gasteiger partial charge in [-0.1, -0.05) is 6.92 Å². The molecular formula is C9H9FN2O. The van der Waals surface area contributed by atoms with Gasteiger partial charge in [-0.3, -0.25) is 5.10 Å². The van der Waals surface area contributed by atoms with Gasteiger partial charge in [-0.05, 0) is 18.6 Å². The van der Waals surface area contributed by atoms with E-state index in [1.807, 2.05) is 6.92 Å². The normalized spacial score (nSPS) is 10.9. The molecule has 0 saturated heterocycles. The van der Waals surface area contributed by atoms with Crippen molar-refractivity contribution in [2.24, 2.45) is 0 Å². The number of nitrogens with one attached hydrogen (secondary N) is 1. The van der Waals surface area contributed by atoms with Crippen molar-refractivity contribution in [2.45, 2.75) is 13.3 Å². The number of aromatic hydroxyl groups is 1. The van der Waals surface area contributed by atoms with Gasteiger partial charge in [-0.25, -0.2) is 4.39 Å². The van der Waals surface area contributed by atoms with Crippen molar-refractivity contribution in [2.75, 3.05) is 0 Å². The Morgan fingerprint density at radius 3 is 3.00 bits per heavy atom. The number of halogens is 1. The zero-order valence-corrected chi connectivity index (χ0v) is 7.13. The number of fused-ring (bicyclic) bond motifs is 1. The summed E-state index contributed by atoms with van der Waals surface area (Å²) in [5, 5.41) is 16.3. The van der Waals surface area contributed by atoms with Crippen LogP contribution in [0.1, 0.15) is 12.6 Å². The summed E-state index contributed by atoms with van der Waals surface area (Å²) in [6.45, 7) is 1.89. The molecule has 0 aliphatic heterocycles. The Hall–Kier alpha value is -1.58. The van der Waals surface area contributed by atoms with Gasteiger partial charge in [-0.15, -0.1) is 0 Å². The lowest BCUT2D eigenvalue weighted by Gasteiger charge is -1.96. The summed E-state index contributed by atoms with van der Waals surface area (Å²) in [4.78, 5) is 0. The monoisotopic (exact) mass is 180 g/mol. The molecule has 2 rings (SSSR count). The van der Waals surface area contributed by atoms with Gasteiger partial charge in [0.25, 0.3) is 0 Å². The third-order valence-corrected chi connectivity index (χ3v) is 2.06.